The summed E-state index contributed by atoms with van der Waals surface area (Å²) >= 11 is 5.67. The van der Waals surface area contributed by atoms with E-state index in [1.54, 1.807) is 18.5 Å². The molecule has 146 valence electrons. The number of halogens is 1. The standard InChI is InChI=1S/C21H23FN4OS/c1-16(17-5-3-2-4-6-17)25-14-23-26(21(25)28)15-24-11-12-27-20(13-24)18-7-9-19(22)10-8-18/h2-10,14,16,20H,11-13,15H2,1H3/t16-,20+/m1/s1. The summed E-state index contributed by atoms with van der Waals surface area (Å²) in [6.07, 6.45) is 1.73. The van der Waals surface area contributed by atoms with Crippen molar-refractivity contribution in [2.75, 3.05) is 19.7 Å². The second kappa shape index (κ2) is 8.34. The van der Waals surface area contributed by atoms with Crippen LogP contribution in [0.2, 0.25) is 0 Å². The van der Waals surface area contributed by atoms with E-state index in [2.05, 4.69) is 29.1 Å². The molecule has 0 saturated carbocycles. The molecule has 0 N–H and O–H groups in total. The second-order valence-corrected chi connectivity index (χ2v) is 7.40. The van der Waals surface area contributed by atoms with Crippen molar-refractivity contribution in [2.24, 2.45) is 0 Å². The maximum absolute atomic E-state index is 13.2. The molecule has 1 aliphatic heterocycles. The van der Waals surface area contributed by atoms with E-state index in [-0.39, 0.29) is 18.0 Å². The highest BCUT2D eigenvalue weighted by molar-refractivity contribution is 7.71. The normalized spacial score (nSPS) is 18.9. The zero-order valence-corrected chi connectivity index (χ0v) is 16.6. The summed E-state index contributed by atoms with van der Waals surface area (Å²) in [5, 5.41) is 4.51. The van der Waals surface area contributed by atoms with Crippen molar-refractivity contribution in [3.8, 4) is 0 Å². The molecule has 2 heterocycles. The summed E-state index contributed by atoms with van der Waals surface area (Å²) in [4.78, 5) is 2.26. The Morgan fingerprint density at radius 2 is 1.93 bits per heavy atom. The zero-order valence-electron chi connectivity index (χ0n) is 15.7. The minimum absolute atomic E-state index is 0.0751. The van der Waals surface area contributed by atoms with E-state index >= 15 is 0 Å². The summed E-state index contributed by atoms with van der Waals surface area (Å²) in [6, 6.07) is 16.9. The molecule has 0 unspecified atom stereocenters. The molecule has 0 bridgehead atoms. The predicted molar refractivity (Wildman–Crippen MR) is 108 cm³/mol. The van der Waals surface area contributed by atoms with Crippen molar-refractivity contribution in [1.29, 1.82) is 0 Å². The summed E-state index contributed by atoms with van der Waals surface area (Å²) in [5.41, 5.74) is 2.18. The SMILES string of the molecule is C[C@H](c1ccccc1)n1cnn(CN2CCO[C@H](c3ccc(F)cc3)C2)c1=S. The molecule has 1 aromatic heterocycles. The fourth-order valence-corrected chi connectivity index (χ4v) is 3.81. The highest BCUT2D eigenvalue weighted by atomic mass is 32.1. The highest BCUT2D eigenvalue weighted by Gasteiger charge is 2.23. The van der Waals surface area contributed by atoms with Crippen LogP contribution in [0.1, 0.15) is 30.2 Å². The Morgan fingerprint density at radius 3 is 2.68 bits per heavy atom. The van der Waals surface area contributed by atoms with E-state index in [0.29, 0.717) is 24.6 Å². The van der Waals surface area contributed by atoms with Crippen LogP contribution < -0.4 is 0 Å². The molecule has 5 nitrogen and oxygen atoms in total. The summed E-state index contributed by atoms with van der Waals surface area (Å²) < 4.78 is 23.6. The number of nitrogens with zero attached hydrogens (tertiary/aromatic N) is 4. The smallest absolute Gasteiger partial charge is 0.199 e. The topological polar surface area (TPSA) is 35.2 Å². The number of hydrogen-bond acceptors (Lipinski definition) is 4. The van der Waals surface area contributed by atoms with Crippen molar-refractivity contribution in [1.82, 2.24) is 19.2 Å². The largest absolute Gasteiger partial charge is 0.371 e. The van der Waals surface area contributed by atoms with Gasteiger partial charge in [0.2, 0.25) is 0 Å². The van der Waals surface area contributed by atoms with Crippen molar-refractivity contribution >= 4 is 12.2 Å². The molecule has 0 spiro atoms. The predicted octanol–water partition coefficient (Wildman–Crippen LogP) is 4.19. The first-order valence-corrected chi connectivity index (χ1v) is 9.81. The van der Waals surface area contributed by atoms with Gasteiger partial charge in [0.15, 0.2) is 4.77 Å². The number of hydrogen-bond donors (Lipinski definition) is 0. The molecule has 1 saturated heterocycles. The maximum Gasteiger partial charge on any atom is 0.199 e. The molecule has 1 fully saturated rings. The Bertz CT molecular complexity index is 970. The van der Waals surface area contributed by atoms with Crippen LogP contribution in [0.4, 0.5) is 4.39 Å². The van der Waals surface area contributed by atoms with Crippen LogP contribution in [-0.4, -0.2) is 38.9 Å². The van der Waals surface area contributed by atoms with Gasteiger partial charge in [0.25, 0.3) is 0 Å². The van der Waals surface area contributed by atoms with Crippen LogP contribution >= 0.6 is 12.2 Å². The quantitative estimate of drug-likeness (QED) is 0.604. The fourth-order valence-electron chi connectivity index (χ4n) is 3.50. The summed E-state index contributed by atoms with van der Waals surface area (Å²) in [7, 11) is 0. The fraction of sp³-hybridized carbons (Fsp3) is 0.333. The minimum Gasteiger partial charge on any atom is -0.371 e. The third-order valence-corrected chi connectivity index (χ3v) is 5.60. The molecule has 0 aliphatic carbocycles. The monoisotopic (exact) mass is 398 g/mol. The van der Waals surface area contributed by atoms with Gasteiger partial charge in [0.1, 0.15) is 12.1 Å². The molecular formula is C21H23FN4OS. The van der Waals surface area contributed by atoms with Gasteiger partial charge in [-0.15, -0.1) is 0 Å². The van der Waals surface area contributed by atoms with Crippen LogP contribution in [0.3, 0.4) is 0 Å². The Morgan fingerprint density at radius 1 is 1.18 bits per heavy atom. The molecule has 7 heteroatoms. The van der Waals surface area contributed by atoms with Gasteiger partial charge < -0.3 is 4.74 Å². The van der Waals surface area contributed by atoms with Crippen LogP contribution in [0, 0.1) is 10.6 Å². The lowest BCUT2D eigenvalue weighted by atomic mass is 10.1. The van der Waals surface area contributed by atoms with Crippen LogP contribution in [0.25, 0.3) is 0 Å². The van der Waals surface area contributed by atoms with E-state index in [0.717, 1.165) is 12.1 Å². The third-order valence-electron chi connectivity index (χ3n) is 5.18. The number of ether oxygens (including phenoxy) is 1. The Hall–Kier alpha value is -2.35. The average molecular weight is 399 g/mol. The van der Waals surface area contributed by atoms with Crippen LogP contribution in [0.5, 0.6) is 0 Å². The molecule has 2 aromatic carbocycles. The van der Waals surface area contributed by atoms with Gasteiger partial charge in [-0.2, -0.15) is 5.10 Å². The lowest BCUT2D eigenvalue weighted by Crippen LogP contribution is -2.39. The molecule has 0 amide bonds. The third kappa shape index (κ3) is 4.06. The zero-order chi connectivity index (χ0) is 19.5. The van der Waals surface area contributed by atoms with Gasteiger partial charge in [-0.25, -0.2) is 9.07 Å². The number of aromatic nitrogens is 3. The van der Waals surface area contributed by atoms with Crippen LogP contribution in [-0.2, 0) is 11.4 Å². The van der Waals surface area contributed by atoms with Crippen molar-refractivity contribution in [3.63, 3.8) is 0 Å². The van der Waals surface area contributed by atoms with Gasteiger partial charge in [-0.05, 0) is 42.4 Å². The first-order valence-electron chi connectivity index (χ1n) is 9.40. The minimum atomic E-state index is -0.235. The van der Waals surface area contributed by atoms with Crippen LogP contribution in [0.15, 0.2) is 60.9 Å². The molecule has 2 atom stereocenters. The van der Waals surface area contributed by atoms with E-state index in [9.17, 15) is 4.39 Å². The first kappa shape index (κ1) is 19.0. The molecule has 28 heavy (non-hydrogen) atoms. The lowest BCUT2D eigenvalue weighted by Gasteiger charge is -2.32. The van der Waals surface area contributed by atoms with Crippen molar-refractivity contribution in [3.05, 3.63) is 82.6 Å². The van der Waals surface area contributed by atoms with Gasteiger partial charge in [-0.1, -0.05) is 42.5 Å². The summed E-state index contributed by atoms with van der Waals surface area (Å²) in [6.45, 7) is 4.87. The summed E-state index contributed by atoms with van der Waals surface area (Å²) in [5.74, 6) is -0.235. The highest BCUT2D eigenvalue weighted by Crippen LogP contribution is 2.23. The molecule has 3 aromatic rings. The lowest BCUT2D eigenvalue weighted by molar-refractivity contribution is -0.0419. The van der Waals surface area contributed by atoms with Gasteiger partial charge in [0, 0.05) is 13.1 Å². The van der Waals surface area contributed by atoms with Crippen molar-refractivity contribution < 1.29 is 9.13 Å². The Kier molecular flexibility index (Phi) is 5.66. The first-order chi connectivity index (χ1) is 13.6. The maximum atomic E-state index is 13.2. The van der Waals surface area contributed by atoms with E-state index in [1.165, 1.54) is 17.7 Å². The Balaban J connectivity index is 1.46. The Labute approximate surface area is 169 Å². The van der Waals surface area contributed by atoms with E-state index in [1.807, 2.05) is 27.4 Å². The number of benzene rings is 2. The van der Waals surface area contributed by atoms with E-state index < -0.39 is 0 Å². The van der Waals surface area contributed by atoms with E-state index in [4.69, 9.17) is 17.0 Å². The molecule has 1 aliphatic rings. The average Bonchev–Trinajstić information content (AvgIpc) is 3.09. The molecule has 0 radical (unpaired) electrons. The number of rotatable bonds is 5. The van der Waals surface area contributed by atoms with Gasteiger partial charge in [0.05, 0.1) is 25.4 Å². The number of morpholine rings is 1. The van der Waals surface area contributed by atoms with Gasteiger partial charge in [-0.3, -0.25) is 9.47 Å². The molecule has 4 rings (SSSR count). The van der Waals surface area contributed by atoms with Crippen molar-refractivity contribution in [2.45, 2.75) is 25.7 Å². The van der Waals surface area contributed by atoms with Gasteiger partial charge >= 0.3 is 0 Å². The molecular weight excluding hydrogens is 375 g/mol. The second-order valence-electron chi connectivity index (χ2n) is 7.04.